The lowest BCUT2D eigenvalue weighted by atomic mass is 9.97. The van der Waals surface area contributed by atoms with Crippen LogP contribution in [-0.4, -0.2) is 39.4 Å². The molecule has 0 bridgehead atoms. The molecule has 2 aromatic heterocycles. The maximum Gasteiger partial charge on any atom is 0.134 e. The standard InChI is InChI=1S/C14H18ClN5O/c1-10-17-12(15)6-13(18-10)20-4-5-21-14(2,9-20)11-7-16-19(3)8-11/h6-8H,4-5,9H2,1-3H3. The molecule has 1 fully saturated rings. The summed E-state index contributed by atoms with van der Waals surface area (Å²) in [7, 11) is 1.90. The molecule has 3 rings (SSSR count). The van der Waals surface area contributed by atoms with Crippen LogP contribution in [0.15, 0.2) is 18.5 Å². The lowest BCUT2D eigenvalue weighted by Crippen LogP contribution is -2.48. The van der Waals surface area contributed by atoms with Crippen molar-refractivity contribution >= 4 is 17.4 Å². The Hall–Kier alpha value is -1.66. The van der Waals surface area contributed by atoms with Gasteiger partial charge in [-0.15, -0.1) is 0 Å². The van der Waals surface area contributed by atoms with Gasteiger partial charge < -0.3 is 9.64 Å². The zero-order valence-corrected chi connectivity index (χ0v) is 13.1. The summed E-state index contributed by atoms with van der Waals surface area (Å²) in [6.07, 6.45) is 3.84. The van der Waals surface area contributed by atoms with E-state index in [1.807, 2.05) is 26.4 Å². The molecule has 0 amide bonds. The van der Waals surface area contributed by atoms with Gasteiger partial charge in [-0.3, -0.25) is 4.68 Å². The predicted molar refractivity (Wildman–Crippen MR) is 80.5 cm³/mol. The van der Waals surface area contributed by atoms with Crippen LogP contribution in [0.5, 0.6) is 0 Å². The van der Waals surface area contributed by atoms with Crippen LogP contribution < -0.4 is 4.90 Å². The Bertz CT molecular complexity index is 638. The highest BCUT2D eigenvalue weighted by Gasteiger charge is 2.35. The van der Waals surface area contributed by atoms with E-state index in [1.54, 1.807) is 10.7 Å². The van der Waals surface area contributed by atoms with Crippen molar-refractivity contribution < 1.29 is 4.74 Å². The van der Waals surface area contributed by atoms with Gasteiger partial charge in [-0.2, -0.15) is 5.10 Å². The number of aromatic nitrogens is 4. The molecule has 21 heavy (non-hydrogen) atoms. The summed E-state index contributed by atoms with van der Waals surface area (Å²) >= 11 is 6.04. The largest absolute Gasteiger partial charge is 0.367 e. The molecule has 7 heteroatoms. The summed E-state index contributed by atoms with van der Waals surface area (Å²) in [5, 5.41) is 4.70. The molecule has 6 nitrogen and oxygen atoms in total. The number of halogens is 1. The third kappa shape index (κ3) is 2.87. The molecular weight excluding hydrogens is 290 g/mol. The fourth-order valence-corrected chi connectivity index (χ4v) is 2.83. The first-order valence-electron chi connectivity index (χ1n) is 6.85. The van der Waals surface area contributed by atoms with Crippen LogP contribution in [0.1, 0.15) is 18.3 Å². The van der Waals surface area contributed by atoms with E-state index in [9.17, 15) is 0 Å². The van der Waals surface area contributed by atoms with E-state index in [0.717, 1.165) is 17.9 Å². The van der Waals surface area contributed by atoms with Crippen molar-refractivity contribution in [2.75, 3.05) is 24.6 Å². The first kappa shape index (κ1) is 14.3. The summed E-state index contributed by atoms with van der Waals surface area (Å²) in [6, 6.07) is 1.80. The summed E-state index contributed by atoms with van der Waals surface area (Å²) in [6.45, 7) is 6.03. The Kier molecular flexibility index (Phi) is 3.59. The summed E-state index contributed by atoms with van der Waals surface area (Å²) in [5.74, 6) is 1.51. The van der Waals surface area contributed by atoms with Crippen molar-refractivity contribution in [1.29, 1.82) is 0 Å². The number of hydrogen-bond donors (Lipinski definition) is 0. The Morgan fingerprint density at radius 3 is 2.86 bits per heavy atom. The van der Waals surface area contributed by atoms with Gasteiger partial charge in [0.15, 0.2) is 0 Å². The molecule has 0 spiro atoms. The number of rotatable bonds is 2. The van der Waals surface area contributed by atoms with E-state index in [4.69, 9.17) is 16.3 Å². The van der Waals surface area contributed by atoms with Gasteiger partial charge in [0.25, 0.3) is 0 Å². The molecule has 0 N–H and O–H groups in total. The fraction of sp³-hybridized carbons (Fsp3) is 0.500. The highest BCUT2D eigenvalue weighted by atomic mass is 35.5. The van der Waals surface area contributed by atoms with Gasteiger partial charge in [0.05, 0.1) is 19.3 Å². The lowest BCUT2D eigenvalue weighted by molar-refractivity contribution is -0.0468. The summed E-state index contributed by atoms with van der Waals surface area (Å²) < 4.78 is 7.79. The Morgan fingerprint density at radius 1 is 1.38 bits per heavy atom. The van der Waals surface area contributed by atoms with Crippen LogP contribution in [-0.2, 0) is 17.4 Å². The number of morpholine rings is 1. The molecule has 0 radical (unpaired) electrons. The van der Waals surface area contributed by atoms with E-state index in [1.165, 1.54) is 0 Å². The fourth-order valence-electron chi connectivity index (χ4n) is 2.61. The van der Waals surface area contributed by atoms with Gasteiger partial charge in [0.2, 0.25) is 0 Å². The zero-order valence-electron chi connectivity index (χ0n) is 12.4. The van der Waals surface area contributed by atoms with Crippen LogP contribution >= 0.6 is 11.6 Å². The van der Waals surface area contributed by atoms with Crippen molar-refractivity contribution in [1.82, 2.24) is 19.7 Å². The third-order valence-electron chi connectivity index (χ3n) is 3.71. The molecule has 0 saturated carbocycles. The van der Waals surface area contributed by atoms with Crippen molar-refractivity contribution in [3.63, 3.8) is 0 Å². The normalized spacial score (nSPS) is 22.6. The van der Waals surface area contributed by atoms with Gasteiger partial charge in [-0.1, -0.05) is 11.6 Å². The second kappa shape index (κ2) is 5.27. The van der Waals surface area contributed by atoms with Crippen LogP contribution in [0.2, 0.25) is 5.15 Å². The number of ether oxygens (including phenoxy) is 1. The summed E-state index contributed by atoms with van der Waals surface area (Å²) in [4.78, 5) is 10.8. The topological polar surface area (TPSA) is 56.1 Å². The van der Waals surface area contributed by atoms with Gasteiger partial charge in [-0.25, -0.2) is 9.97 Å². The molecular formula is C14H18ClN5O. The molecule has 1 aliphatic heterocycles. The second-order valence-corrected chi connectivity index (χ2v) is 5.89. The van der Waals surface area contributed by atoms with Crippen LogP contribution in [0.3, 0.4) is 0 Å². The SMILES string of the molecule is Cc1nc(Cl)cc(N2CCOC(C)(c3cnn(C)c3)C2)n1. The van der Waals surface area contributed by atoms with Crippen molar-refractivity contribution in [2.24, 2.45) is 7.05 Å². The first-order valence-corrected chi connectivity index (χ1v) is 7.23. The first-order chi connectivity index (χ1) is 9.96. The zero-order chi connectivity index (χ0) is 15.0. The van der Waals surface area contributed by atoms with Crippen LogP contribution in [0.4, 0.5) is 5.82 Å². The van der Waals surface area contributed by atoms with E-state index in [0.29, 0.717) is 24.1 Å². The van der Waals surface area contributed by atoms with Crippen LogP contribution in [0, 0.1) is 6.92 Å². The number of anilines is 1. The molecule has 0 aromatic carbocycles. The van der Waals surface area contributed by atoms with Crippen LogP contribution in [0.25, 0.3) is 0 Å². The van der Waals surface area contributed by atoms with Gasteiger partial charge in [0.1, 0.15) is 22.4 Å². The highest BCUT2D eigenvalue weighted by molar-refractivity contribution is 6.29. The van der Waals surface area contributed by atoms with Crippen molar-refractivity contribution in [2.45, 2.75) is 19.4 Å². The number of hydrogen-bond acceptors (Lipinski definition) is 5. The van der Waals surface area contributed by atoms with E-state index < -0.39 is 5.60 Å². The quantitative estimate of drug-likeness (QED) is 0.794. The molecule has 1 aliphatic rings. The van der Waals surface area contributed by atoms with E-state index in [-0.39, 0.29) is 0 Å². The van der Waals surface area contributed by atoms with Crippen molar-refractivity contribution in [3.05, 3.63) is 35.0 Å². The molecule has 1 saturated heterocycles. The average molecular weight is 308 g/mol. The summed E-state index contributed by atoms with van der Waals surface area (Å²) in [5.41, 5.74) is 0.657. The smallest absolute Gasteiger partial charge is 0.134 e. The lowest BCUT2D eigenvalue weighted by Gasteiger charge is -2.40. The Balaban J connectivity index is 1.88. The van der Waals surface area contributed by atoms with Crippen molar-refractivity contribution in [3.8, 4) is 0 Å². The molecule has 1 unspecified atom stereocenters. The molecule has 3 heterocycles. The number of nitrogens with zero attached hydrogens (tertiary/aromatic N) is 5. The van der Waals surface area contributed by atoms with E-state index in [2.05, 4.69) is 26.9 Å². The molecule has 0 aliphatic carbocycles. The Labute approximate surface area is 128 Å². The highest BCUT2D eigenvalue weighted by Crippen LogP contribution is 2.31. The minimum absolute atomic E-state index is 0.405. The molecule has 112 valence electrons. The van der Waals surface area contributed by atoms with Gasteiger partial charge in [0, 0.05) is 31.4 Å². The third-order valence-corrected chi connectivity index (χ3v) is 3.90. The number of aryl methyl sites for hydroxylation is 2. The molecule has 2 aromatic rings. The Morgan fingerprint density at radius 2 is 2.19 bits per heavy atom. The predicted octanol–water partition coefficient (Wildman–Crippen LogP) is 1.92. The maximum absolute atomic E-state index is 6.04. The molecule has 1 atom stereocenters. The van der Waals surface area contributed by atoms with Gasteiger partial charge >= 0.3 is 0 Å². The van der Waals surface area contributed by atoms with Gasteiger partial charge in [-0.05, 0) is 13.8 Å². The maximum atomic E-state index is 6.04. The van der Waals surface area contributed by atoms with E-state index >= 15 is 0 Å². The second-order valence-electron chi connectivity index (χ2n) is 5.50. The minimum Gasteiger partial charge on any atom is -0.367 e. The average Bonchev–Trinajstić information content (AvgIpc) is 2.85. The minimum atomic E-state index is -0.405. The monoisotopic (exact) mass is 307 g/mol.